The van der Waals surface area contributed by atoms with Gasteiger partial charge in [0.05, 0.1) is 18.7 Å². The van der Waals surface area contributed by atoms with Crippen molar-refractivity contribution in [2.75, 3.05) is 7.05 Å². The molecule has 5 nitrogen and oxygen atoms in total. The zero-order chi connectivity index (χ0) is 19.1. The van der Waals surface area contributed by atoms with E-state index >= 15 is 0 Å². The number of rotatable bonds is 4. The molecule has 1 aromatic heterocycles. The normalized spacial score (nSPS) is 18.9. The molecule has 1 aliphatic carbocycles. The Balaban J connectivity index is 1.55. The van der Waals surface area contributed by atoms with Gasteiger partial charge < -0.3 is 9.63 Å². The first-order valence-electron chi connectivity index (χ1n) is 8.37. The summed E-state index contributed by atoms with van der Waals surface area (Å²) in [6.07, 6.45) is -0.0974. The molecule has 0 saturated heterocycles. The van der Waals surface area contributed by atoms with Gasteiger partial charge in [-0.3, -0.25) is 4.90 Å². The molecule has 0 aliphatic heterocycles. The van der Waals surface area contributed by atoms with Crippen molar-refractivity contribution in [3.8, 4) is 11.4 Å². The van der Waals surface area contributed by atoms with Crippen molar-refractivity contribution in [2.24, 2.45) is 0 Å². The Morgan fingerprint density at radius 2 is 1.89 bits per heavy atom. The van der Waals surface area contributed by atoms with Gasteiger partial charge >= 0.3 is 0 Å². The molecule has 2 aromatic carbocycles. The van der Waals surface area contributed by atoms with E-state index in [1.54, 1.807) is 18.2 Å². The Morgan fingerprint density at radius 1 is 1.15 bits per heavy atom. The number of nitrogens with zero attached hydrogens (tertiary/aromatic N) is 3. The molecule has 0 radical (unpaired) electrons. The summed E-state index contributed by atoms with van der Waals surface area (Å²) < 4.78 is 5.38. The summed E-state index contributed by atoms with van der Waals surface area (Å²) in [7, 11) is 1.89. The van der Waals surface area contributed by atoms with Gasteiger partial charge in [0.15, 0.2) is 0 Å². The first kappa shape index (κ1) is 18.7. The zero-order valence-electron chi connectivity index (χ0n) is 14.4. The molecule has 0 amide bonds. The molecule has 8 heteroatoms. The summed E-state index contributed by atoms with van der Waals surface area (Å²) >= 11 is 18.4. The molecule has 4 rings (SSSR count). The molecule has 1 heterocycles. The molecule has 0 spiro atoms. The average Bonchev–Trinajstić information content (AvgIpc) is 3.19. The van der Waals surface area contributed by atoms with Crippen LogP contribution in [0.1, 0.15) is 23.1 Å². The van der Waals surface area contributed by atoms with Crippen LogP contribution in [0.2, 0.25) is 15.1 Å². The lowest BCUT2D eigenvalue weighted by atomic mass is 10.1. The highest BCUT2D eigenvalue weighted by Gasteiger charge is 2.36. The van der Waals surface area contributed by atoms with Gasteiger partial charge in [0.25, 0.3) is 0 Å². The van der Waals surface area contributed by atoms with Crippen molar-refractivity contribution in [3.05, 3.63) is 68.5 Å². The quantitative estimate of drug-likeness (QED) is 0.652. The number of benzene rings is 2. The molecule has 0 unspecified atom stereocenters. The molecule has 140 valence electrons. The van der Waals surface area contributed by atoms with Crippen LogP contribution in [0.5, 0.6) is 0 Å². The molecule has 0 fully saturated rings. The van der Waals surface area contributed by atoms with Crippen LogP contribution in [0, 0.1) is 0 Å². The molecule has 0 saturated carbocycles. The highest BCUT2D eigenvalue weighted by Crippen LogP contribution is 2.41. The number of hydrogen-bond donors (Lipinski definition) is 1. The Kier molecular flexibility index (Phi) is 5.14. The summed E-state index contributed by atoms with van der Waals surface area (Å²) in [4.78, 5) is 6.40. The van der Waals surface area contributed by atoms with Crippen LogP contribution in [0.3, 0.4) is 0 Å². The lowest BCUT2D eigenvalue weighted by Gasteiger charge is -2.26. The van der Waals surface area contributed by atoms with Crippen LogP contribution in [-0.2, 0) is 13.0 Å². The fourth-order valence-corrected chi connectivity index (χ4v) is 4.22. The van der Waals surface area contributed by atoms with Crippen LogP contribution in [-0.4, -0.2) is 33.3 Å². The van der Waals surface area contributed by atoms with Crippen LogP contribution in [0.4, 0.5) is 0 Å². The highest BCUT2D eigenvalue weighted by atomic mass is 35.5. The molecular weight excluding hydrogens is 409 g/mol. The fraction of sp³-hybridized carbons (Fsp3) is 0.263. The first-order valence-corrected chi connectivity index (χ1v) is 9.50. The lowest BCUT2D eigenvalue weighted by molar-refractivity contribution is 0.0667. The Morgan fingerprint density at radius 3 is 2.63 bits per heavy atom. The number of likely N-dealkylation sites (N-methyl/N-ethyl adjacent to an activating group) is 1. The summed E-state index contributed by atoms with van der Waals surface area (Å²) in [6.45, 7) is 0.381. The minimum atomic E-state index is -0.584. The van der Waals surface area contributed by atoms with Crippen molar-refractivity contribution in [2.45, 2.75) is 25.1 Å². The third kappa shape index (κ3) is 3.71. The van der Waals surface area contributed by atoms with E-state index in [4.69, 9.17) is 39.3 Å². The van der Waals surface area contributed by atoms with Crippen molar-refractivity contribution in [3.63, 3.8) is 0 Å². The first-order chi connectivity index (χ1) is 12.9. The van der Waals surface area contributed by atoms with Gasteiger partial charge in [0.2, 0.25) is 11.7 Å². The van der Waals surface area contributed by atoms with Gasteiger partial charge in [-0.25, -0.2) is 0 Å². The second-order valence-electron chi connectivity index (χ2n) is 6.61. The lowest BCUT2D eigenvalue weighted by Crippen LogP contribution is -2.30. The maximum Gasteiger partial charge on any atom is 0.241 e. The predicted octanol–water partition coefficient (Wildman–Crippen LogP) is 4.79. The average molecular weight is 425 g/mol. The van der Waals surface area contributed by atoms with Gasteiger partial charge in [0, 0.05) is 27.1 Å². The van der Waals surface area contributed by atoms with E-state index in [1.807, 2.05) is 30.1 Å². The number of hydrogen-bond acceptors (Lipinski definition) is 5. The number of halogens is 3. The molecule has 2 atom stereocenters. The number of aliphatic hydroxyl groups is 1. The largest absolute Gasteiger partial charge is 0.391 e. The van der Waals surface area contributed by atoms with Crippen LogP contribution in [0.25, 0.3) is 11.4 Å². The van der Waals surface area contributed by atoms with E-state index in [0.29, 0.717) is 39.7 Å². The smallest absolute Gasteiger partial charge is 0.241 e. The minimum Gasteiger partial charge on any atom is -0.391 e. The molecule has 27 heavy (non-hydrogen) atoms. The number of fused-ring (bicyclic) bond motifs is 1. The topological polar surface area (TPSA) is 62.4 Å². The zero-order valence-corrected chi connectivity index (χ0v) is 16.6. The van der Waals surface area contributed by atoms with Crippen molar-refractivity contribution >= 4 is 34.8 Å². The summed E-state index contributed by atoms with van der Waals surface area (Å²) in [6, 6.07) is 10.5. The summed E-state index contributed by atoms with van der Waals surface area (Å²) in [5.41, 5.74) is 2.68. The van der Waals surface area contributed by atoms with E-state index in [0.717, 1.165) is 16.7 Å². The summed E-state index contributed by atoms with van der Waals surface area (Å²) in [5.74, 6) is 0.949. The predicted molar refractivity (Wildman–Crippen MR) is 105 cm³/mol. The Hall–Kier alpha value is -1.63. The third-order valence-electron chi connectivity index (χ3n) is 4.72. The second-order valence-corrected chi connectivity index (χ2v) is 7.89. The second kappa shape index (κ2) is 7.41. The van der Waals surface area contributed by atoms with E-state index in [-0.39, 0.29) is 6.04 Å². The van der Waals surface area contributed by atoms with E-state index in [2.05, 4.69) is 10.1 Å². The number of aromatic nitrogens is 2. The van der Waals surface area contributed by atoms with E-state index < -0.39 is 6.10 Å². The fourth-order valence-electron chi connectivity index (χ4n) is 3.51. The van der Waals surface area contributed by atoms with Crippen LogP contribution >= 0.6 is 34.8 Å². The van der Waals surface area contributed by atoms with Crippen molar-refractivity contribution < 1.29 is 9.63 Å². The van der Waals surface area contributed by atoms with Crippen molar-refractivity contribution in [1.29, 1.82) is 0 Å². The third-order valence-corrected chi connectivity index (χ3v) is 5.53. The van der Waals surface area contributed by atoms with Crippen LogP contribution < -0.4 is 0 Å². The van der Waals surface area contributed by atoms with E-state index in [1.165, 1.54) is 0 Å². The van der Waals surface area contributed by atoms with Crippen molar-refractivity contribution in [1.82, 2.24) is 15.0 Å². The van der Waals surface area contributed by atoms with Gasteiger partial charge in [-0.1, -0.05) is 40.0 Å². The maximum absolute atomic E-state index is 10.6. The Labute approximate surface area is 171 Å². The van der Waals surface area contributed by atoms with Gasteiger partial charge in [-0.05, 0) is 54.6 Å². The van der Waals surface area contributed by atoms with Gasteiger partial charge in [-0.15, -0.1) is 0 Å². The molecule has 0 bridgehead atoms. The van der Waals surface area contributed by atoms with Gasteiger partial charge in [-0.2, -0.15) is 4.98 Å². The number of aliphatic hydroxyl groups excluding tert-OH is 1. The molecule has 1 aliphatic rings. The molecular formula is C19H16Cl3N3O2. The maximum atomic E-state index is 10.6. The standard InChI is InChI=1S/C19H16Cl3N3O2/c1-25(18-14-6-12(21)7-15(22)13(14)8-16(18)26)9-17-23-19(24-27-17)10-2-4-11(20)5-3-10/h2-7,16,18,26H,8-9H2,1H3/t16-,18+/m1/s1. The minimum absolute atomic E-state index is 0.248. The van der Waals surface area contributed by atoms with E-state index in [9.17, 15) is 5.11 Å². The van der Waals surface area contributed by atoms with Gasteiger partial charge in [0.1, 0.15) is 0 Å². The molecule has 1 N–H and O–H groups in total. The summed E-state index contributed by atoms with van der Waals surface area (Å²) in [5, 5.41) is 16.4. The SMILES string of the molecule is CN(Cc1nc(-c2ccc(Cl)cc2)no1)[C@H]1c2cc(Cl)cc(Cl)c2C[C@H]1O. The monoisotopic (exact) mass is 423 g/mol. The molecule has 3 aromatic rings. The highest BCUT2D eigenvalue weighted by molar-refractivity contribution is 6.35. The van der Waals surface area contributed by atoms with Crippen LogP contribution in [0.15, 0.2) is 40.9 Å². The Bertz CT molecular complexity index is 975.